The van der Waals surface area contributed by atoms with Gasteiger partial charge in [-0.2, -0.15) is 0 Å². The Morgan fingerprint density at radius 2 is 0.950 bits per heavy atom. The van der Waals surface area contributed by atoms with Crippen LogP contribution in [0.2, 0.25) is 0 Å². The summed E-state index contributed by atoms with van der Waals surface area (Å²) in [6.45, 7) is 0. The van der Waals surface area contributed by atoms with E-state index in [1.807, 2.05) is 36.4 Å². The molecule has 0 aromatic heterocycles. The summed E-state index contributed by atoms with van der Waals surface area (Å²) in [6.07, 6.45) is 0. The number of rotatable bonds is 3. The molecule has 0 nitrogen and oxygen atoms in total. The third kappa shape index (κ3) is 3.54. The Hall–Kier alpha value is -5.20. The second kappa shape index (κ2) is 9.22. The molecule has 0 unspecified atom stereocenters. The van der Waals surface area contributed by atoms with Crippen molar-refractivity contribution in [1.82, 2.24) is 0 Å². The van der Waals surface area contributed by atoms with Gasteiger partial charge in [0, 0.05) is 0 Å². The van der Waals surface area contributed by atoms with Crippen LogP contribution in [0.15, 0.2) is 158 Å². The molecule has 0 saturated carbocycles. The van der Waals surface area contributed by atoms with Gasteiger partial charge in [0.25, 0.3) is 0 Å². The molecule has 8 rings (SSSR count). The number of benzene rings is 8. The maximum atomic E-state index is 9.18. The fourth-order valence-corrected chi connectivity index (χ4v) is 6.07. The van der Waals surface area contributed by atoms with Gasteiger partial charge in [0.15, 0.2) is 0 Å². The molecule has 0 heterocycles. The molecule has 40 heavy (non-hydrogen) atoms. The average Bonchev–Trinajstić information content (AvgIpc) is 3.06. The van der Waals surface area contributed by atoms with E-state index in [1.165, 1.54) is 5.39 Å². The van der Waals surface area contributed by atoms with Gasteiger partial charge in [-0.05, 0) is 82.5 Å². The van der Waals surface area contributed by atoms with Gasteiger partial charge in [-0.3, -0.25) is 0 Å². The normalized spacial score (nSPS) is 13.2. The second-order valence-electron chi connectivity index (χ2n) is 10.1. The monoisotopic (exact) mass is 511 g/mol. The molecule has 0 amide bonds. The molecule has 0 aliphatic rings. The predicted molar refractivity (Wildman–Crippen MR) is 173 cm³/mol. The van der Waals surface area contributed by atoms with E-state index in [4.69, 9.17) is 4.11 Å². The Labute approximate surface area is 240 Å². The summed E-state index contributed by atoms with van der Waals surface area (Å²) in [4.78, 5) is 0. The lowest BCUT2D eigenvalue weighted by atomic mass is 9.84. The Kier molecular flexibility index (Phi) is 4.18. The molecule has 0 bridgehead atoms. The minimum atomic E-state index is 0.237. The summed E-state index contributed by atoms with van der Waals surface area (Å²) < 4.78 is 44.9. The quantitative estimate of drug-likeness (QED) is 0.207. The Bertz CT molecular complexity index is 2430. The summed E-state index contributed by atoms with van der Waals surface area (Å²) >= 11 is 0. The van der Waals surface area contributed by atoms with Crippen LogP contribution in [0.5, 0.6) is 0 Å². The SMILES string of the molecule is [2H]c1cccc(-c2c3c([2H])ccc([2H])c3c(-c3cccc4c(-c5ccc6ccccc6c5)cccc34)c3c([2H])ccc([2H])c23)c1. The van der Waals surface area contributed by atoms with Gasteiger partial charge in [-0.25, -0.2) is 0 Å². The topological polar surface area (TPSA) is 0 Å². The minimum Gasteiger partial charge on any atom is -0.0622 e. The van der Waals surface area contributed by atoms with Crippen molar-refractivity contribution in [3.8, 4) is 33.4 Å². The van der Waals surface area contributed by atoms with E-state index >= 15 is 0 Å². The first-order valence-corrected chi connectivity index (χ1v) is 13.4. The van der Waals surface area contributed by atoms with E-state index < -0.39 is 0 Å². The maximum Gasteiger partial charge on any atom is 0.0629 e. The van der Waals surface area contributed by atoms with Gasteiger partial charge in [-0.15, -0.1) is 0 Å². The van der Waals surface area contributed by atoms with Gasteiger partial charge in [0.1, 0.15) is 0 Å². The zero-order valence-electron chi connectivity index (χ0n) is 26.6. The zero-order chi connectivity index (χ0) is 30.8. The third-order valence-electron chi connectivity index (χ3n) is 7.82. The van der Waals surface area contributed by atoms with Crippen molar-refractivity contribution >= 4 is 43.1 Å². The van der Waals surface area contributed by atoms with Crippen LogP contribution in [0.25, 0.3) is 76.5 Å². The highest BCUT2D eigenvalue weighted by molar-refractivity contribution is 6.24. The summed E-state index contributed by atoms with van der Waals surface area (Å²) in [5.41, 5.74) is 5.03. The molecule has 0 aliphatic heterocycles. The van der Waals surface area contributed by atoms with Crippen molar-refractivity contribution in [2.24, 2.45) is 0 Å². The van der Waals surface area contributed by atoms with Crippen molar-refractivity contribution in [3.63, 3.8) is 0 Å². The van der Waals surface area contributed by atoms with Crippen molar-refractivity contribution < 1.29 is 6.85 Å². The Balaban J connectivity index is 1.54. The van der Waals surface area contributed by atoms with Crippen LogP contribution in [0.1, 0.15) is 6.85 Å². The van der Waals surface area contributed by atoms with Gasteiger partial charge in [0.2, 0.25) is 0 Å². The summed E-state index contributed by atoms with van der Waals surface area (Å²) in [6, 6.07) is 42.1. The zero-order valence-corrected chi connectivity index (χ0v) is 21.6. The molecule has 0 N–H and O–H groups in total. The lowest BCUT2D eigenvalue weighted by Crippen LogP contribution is -1.92. The maximum absolute atomic E-state index is 9.18. The molecule has 8 aromatic rings. The molecule has 8 aromatic carbocycles. The van der Waals surface area contributed by atoms with E-state index in [0.717, 1.165) is 32.8 Å². The largest absolute Gasteiger partial charge is 0.0629 e. The number of hydrogen-bond donors (Lipinski definition) is 0. The summed E-state index contributed by atoms with van der Waals surface area (Å²) in [7, 11) is 0. The minimum absolute atomic E-state index is 0.237. The van der Waals surface area contributed by atoms with E-state index in [0.29, 0.717) is 44.3 Å². The Morgan fingerprint density at radius 1 is 0.350 bits per heavy atom. The van der Waals surface area contributed by atoms with Crippen LogP contribution >= 0.6 is 0 Å². The first-order chi connectivity index (χ1) is 21.9. The third-order valence-corrected chi connectivity index (χ3v) is 7.82. The number of fused-ring (bicyclic) bond motifs is 4. The fourth-order valence-electron chi connectivity index (χ4n) is 6.07. The van der Waals surface area contributed by atoms with E-state index in [2.05, 4.69) is 48.5 Å². The van der Waals surface area contributed by atoms with Crippen molar-refractivity contribution in [3.05, 3.63) is 158 Å². The molecule has 0 aliphatic carbocycles. The molecular formula is C40H26. The highest BCUT2D eigenvalue weighted by atomic mass is 14.2. The molecule has 0 heteroatoms. The average molecular weight is 512 g/mol. The smallest absolute Gasteiger partial charge is 0.0622 e. The fraction of sp³-hybridized carbons (Fsp3) is 0. The molecule has 186 valence electrons. The predicted octanol–water partition coefficient (Wildman–Crippen LogP) is 11.3. The first-order valence-electron chi connectivity index (χ1n) is 15.9. The van der Waals surface area contributed by atoms with Crippen molar-refractivity contribution in [1.29, 1.82) is 0 Å². The van der Waals surface area contributed by atoms with Crippen molar-refractivity contribution in [2.45, 2.75) is 0 Å². The van der Waals surface area contributed by atoms with Gasteiger partial charge >= 0.3 is 0 Å². The van der Waals surface area contributed by atoms with Crippen LogP contribution in [0.3, 0.4) is 0 Å². The molecule has 0 saturated heterocycles. The molecule has 0 radical (unpaired) electrons. The van der Waals surface area contributed by atoms with Crippen molar-refractivity contribution in [2.75, 3.05) is 0 Å². The van der Waals surface area contributed by atoms with Gasteiger partial charge < -0.3 is 0 Å². The summed E-state index contributed by atoms with van der Waals surface area (Å²) in [5.74, 6) is 0. The number of hydrogen-bond acceptors (Lipinski definition) is 0. The lowest BCUT2D eigenvalue weighted by Gasteiger charge is -2.19. The van der Waals surface area contributed by atoms with E-state index in [9.17, 15) is 2.74 Å². The molecule has 0 atom stereocenters. The molecular weight excluding hydrogens is 480 g/mol. The van der Waals surface area contributed by atoms with Gasteiger partial charge in [0.05, 0.1) is 6.85 Å². The van der Waals surface area contributed by atoms with Crippen LogP contribution in [-0.4, -0.2) is 0 Å². The lowest BCUT2D eigenvalue weighted by molar-refractivity contribution is 1.65. The first kappa shape index (κ1) is 18.2. The second-order valence-corrected chi connectivity index (χ2v) is 10.1. The van der Waals surface area contributed by atoms with Crippen LogP contribution in [-0.2, 0) is 0 Å². The highest BCUT2D eigenvalue weighted by Gasteiger charge is 2.18. The highest BCUT2D eigenvalue weighted by Crippen LogP contribution is 2.46. The van der Waals surface area contributed by atoms with E-state index in [1.54, 1.807) is 42.5 Å². The van der Waals surface area contributed by atoms with E-state index in [-0.39, 0.29) is 24.2 Å². The van der Waals surface area contributed by atoms with Crippen LogP contribution in [0.4, 0.5) is 0 Å². The van der Waals surface area contributed by atoms with Gasteiger partial charge in [-0.1, -0.05) is 152 Å². The Morgan fingerprint density at radius 3 is 1.65 bits per heavy atom. The standard InChI is InChI=1S/C40H26/c1-2-13-28(14-3-1)39-35-16-6-8-18-37(35)40(38-19-9-7-17-36(38)39)34-23-11-21-32-31(20-10-22-33(32)34)30-25-24-27-12-4-5-15-29(27)26-30/h1-26H/i2D,16D,17D,18D,19D. The molecule has 0 fully saturated rings. The van der Waals surface area contributed by atoms with Crippen LogP contribution < -0.4 is 0 Å². The summed E-state index contributed by atoms with van der Waals surface area (Å²) in [5, 5.41) is 6.60. The van der Waals surface area contributed by atoms with Crippen LogP contribution in [0, 0.1) is 0 Å². The molecule has 0 spiro atoms.